The molecule has 5 aliphatic heterocycles. The molecule has 0 aromatic carbocycles. The molecule has 5 aliphatic rings. The molecule has 0 amide bonds. The molecule has 35 heavy (non-hydrogen) atoms. The molecule has 0 aromatic rings. The lowest BCUT2D eigenvalue weighted by atomic mass is 9.78. The number of nitrogens with zero attached hydrogens (tertiary/aromatic N) is 2. The molecule has 7 nitrogen and oxygen atoms in total. The zero-order valence-electron chi connectivity index (χ0n) is 23.7. The second-order valence-electron chi connectivity index (χ2n) is 13.7. The highest BCUT2D eigenvalue weighted by atomic mass is 16.5. The molecule has 7 heteroatoms. The number of esters is 2. The first-order valence-corrected chi connectivity index (χ1v) is 13.9. The lowest BCUT2D eigenvalue weighted by Crippen LogP contribution is -2.76. The van der Waals surface area contributed by atoms with Crippen LogP contribution in [0.1, 0.15) is 132 Å². The minimum Gasteiger partial charge on any atom is -0.462 e. The molecular weight excluding hydrogens is 442 g/mol. The molecule has 0 spiro atoms. The Kier molecular flexibility index (Phi) is 8.65. The second kappa shape index (κ2) is 10.7. The fourth-order valence-corrected chi connectivity index (χ4v) is 6.92. The first kappa shape index (κ1) is 28.4. The summed E-state index contributed by atoms with van der Waals surface area (Å²) in [6.07, 6.45) is 9.93. The number of fused-ring (bicyclic) bond motifs is 2. The third kappa shape index (κ3) is 7.20. The van der Waals surface area contributed by atoms with Gasteiger partial charge in [-0.15, -0.1) is 0 Å². The quantitative estimate of drug-likeness (QED) is 0.436. The Hall–Kier alpha value is -1.18. The monoisotopic (exact) mass is 493 g/mol. The van der Waals surface area contributed by atoms with Crippen molar-refractivity contribution in [1.82, 2.24) is 15.6 Å². The highest BCUT2D eigenvalue weighted by molar-refractivity contribution is 5.69. The summed E-state index contributed by atoms with van der Waals surface area (Å²) in [7, 11) is 0. The number of hydrogen-bond acceptors (Lipinski definition) is 7. The molecule has 5 heterocycles. The summed E-state index contributed by atoms with van der Waals surface area (Å²) in [5, 5.41) is 4.73. The van der Waals surface area contributed by atoms with Gasteiger partial charge in [-0.3, -0.25) is 9.59 Å². The summed E-state index contributed by atoms with van der Waals surface area (Å²) >= 11 is 0. The van der Waals surface area contributed by atoms with Gasteiger partial charge in [0.1, 0.15) is 12.2 Å². The molecular formula is C28H51N3O4. The van der Waals surface area contributed by atoms with Gasteiger partial charge in [-0.25, -0.2) is 10.0 Å². The zero-order chi connectivity index (χ0) is 26.1. The van der Waals surface area contributed by atoms with Crippen LogP contribution in [0, 0.1) is 0 Å². The molecule has 0 unspecified atom stereocenters. The number of nitrogens with one attached hydrogen (secondary N) is 1. The van der Waals surface area contributed by atoms with Gasteiger partial charge >= 0.3 is 11.9 Å². The molecule has 5 fully saturated rings. The van der Waals surface area contributed by atoms with Gasteiger partial charge in [-0.2, -0.15) is 5.53 Å². The van der Waals surface area contributed by atoms with E-state index in [0.717, 1.165) is 64.2 Å². The van der Waals surface area contributed by atoms with E-state index >= 15 is 0 Å². The predicted octanol–water partition coefficient (Wildman–Crippen LogP) is 5.67. The average molecular weight is 494 g/mol. The maximum Gasteiger partial charge on any atom is 0.306 e. The second-order valence-corrected chi connectivity index (χ2v) is 13.7. The van der Waals surface area contributed by atoms with Crippen LogP contribution in [-0.4, -0.2) is 56.3 Å². The highest BCUT2D eigenvalue weighted by Crippen LogP contribution is 2.43. The van der Waals surface area contributed by atoms with Crippen molar-refractivity contribution in [3.63, 3.8) is 0 Å². The van der Waals surface area contributed by atoms with E-state index in [1.165, 1.54) is 0 Å². The summed E-state index contributed by atoms with van der Waals surface area (Å²) in [4.78, 5) is 25.2. The van der Waals surface area contributed by atoms with Crippen molar-refractivity contribution in [2.75, 3.05) is 0 Å². The van der Waals surface area contributed by atoms with Gasteiger partial charge in [0.05, 0.1) is 0 Å². The first-order chi connectivity index (χ1) is 16.1. The SMILES string of the molecule is CC1(C)CC2CC(C)(C)N1NN1C(C)(C)CC(CC1(C)C)OC(=O)CCCCCCCCC(=O)O2. The van der Waals surface area contributed by atoms with E-state index in [9.17, 15) is 9.59 Å². The molecule has 4 bridgehead atoms. The fourth-order valence-electron chi connectivity index (χ4n) is 6.92. The normalized spacial score (nSPS) is 36.0. The topological polar surface area (TPSA) is 71.1 Å². The summed E-state index contributed by atoms with van der Waals surface area (Å²) in [5.41, 5.74) is 2.94. The van der Waals surface area contributed by atoms with Crippen LogP contribution < -0.4 is 5.53 Å². The van der Waals surface area contributed by atoms with Crippen LogP contribution in [0.2, 0.25) is 0 Å². The Morgan fingerprint density at radius 3 is 1.17 bits per heavy atom. The van der Waals surface area contributed by atoms with E-state index in [0.29, 0.717) is 12.8 Å². The van der Waals surface area contributed by atoms with Gasteiger partial charge in [0.15, 0.2) is 0 Å². The van der Waals surface area contributed by atoms with E-state index in [4.69, 9.17) is 9.47 Å². The number of carbonyl (C=O) groups is 2. The predicted molar refractivity (Wildman–Crippen MR) is 138 cm³/mol. The number of ether oxygens (including phenoxy) is 2. The van der Waals surface area contributed by atoms with Gasteiger partial charge in [-0.05, 0) is 68.2 Å². The number of piperidine rings is 2. The summed E-state index contributed by atoms with van der Waals surface area (Å²) in [6.45, 7) is 17.8. The van der Waals surface area contributed by atoms with Crippen LogP contribution in [-0.2, 0) is 19.1 Å². The smallest absolute Gasteiger partial charge is 0.306 e. The molecule has 0 aromatic heterocycles. The number of rotatable bonds is 0. The maximum absolute atomic E-state index is 12.6. The Labute approximate surface area is 213 Å². The first-order valence-electron chi connectivity index (χ1n) is 13.9. The number of hydrogen-bond donors (Lipinski definition) is 1. The van der Waals surface area contributed by atoms with Crippen molar-refractivity contribution < 1.29 is 19.1 Å². The molecule has 5 saturated heterocycles. The van der Waals surface area contributed by atoms with Crippen molar-refractivity contribution in [2.45, 2.75) is 167 Å². The number of hydrazine groups is 2. The Bertz CT molecular complexity index is 663. The van der Waals surface area contributed by atoms with Gasteiger partial charge in [-0.1, -0.05) is 25.7 Å². The summed E-state index contributed by atoms with van der Waals surface area (Å²) in [5.74, 6) is -0.137. The maximum atomic E-state index is 12.6. The van der Waals surface area contributed by atoms with Crippen molar-refractivity contribution in [3.8, 4) is 0 Å². The molecule has 0 saturated carbocycles. The van der Waals surface area contributed by atoms with Crippen LogP contribution >= 0.6 is 0 Å². The summed E-state index contributed by atoms with van der Waals surface area (Å²) < 4.78 is 12.0. The molecule has 1 N–H and O–H groups in total. The van der Waals surface area contributed by atoms with E-state index in [2.05, 4.69) is 70.9 Å². The standard InChI is InChI=1S/C28H51N3O4/c1-25(2)17-21-18-26(3,4)30(25)29-31-27(5,6)19-22(20-28(31,7)8)35-24(33)16-14-12-10-9-11-13-15-23(32)34-21/h21-22,29H,9-20H2,1-8H3. The van der Waals surface area contributed by atoms with Crippen molar-refractivity contribution in [2.24, 2.45) is 0 Å². The fraction of sp³-hybridized carbons (Fsp3) is 0.929. The number of carbonyl (C=O) groups excluding carboxylic acids is 2. The molecule has 0 radical (unpaired) electrons. The van der Waals surface area contributed by atoms with Crippen LogP contribution in [0.25, 0.3) is 0 Å². The van der Waals surface area contributed by atoms with Crippen molar-refractivity contribution in [3.05, 3.63) is 0 Å². The minimum atomic E-state index is -0.221. The molecule has 0 aliphatic carbocycles. The molecule has 202 valence electrons. The van der Waals surface area contributed by atoms with Gasteiger partial charge < -0.3 is 9.47 Å². The van der Waals surface area contributed by atoms with E-state index < -0.39 is 0 Å². The van der Waals surface area contributed by atoms with Crippen molar-refractivity contribution in [1.29, 1.82) is 0 Å². The lowest BCUT2D eigenvalue weighted by Gasteiger charge is -2.61. The Morgan fingerprint density at radius 1 is 0.571 bits per heavy atom. The third-order valence-corrected chi connectivity index (χ3v) is 8.14. The summed E-state index contributed by atoms with van der Waals surface area (Å²) in [6, 6.07) is 0. The van der Waals surface area contributed by atoms with Crippen LogP contribution in [0.3, 0.4) is 0 Å². The molecule has 5 rings (SSSR count). The lowest BCUT2D eigenvalue weighted by molar-refractivity contribution is -0.224. The van der Waals surface area contributed by atoms with Gasteiger partial charge in [0.2, 0.25) is 0 Å². The van der Waals surface area contributed by atoms with Crippen LogP contribution in [0.4, 0.5) is 0 Å². The van der Waals surface area contributed by atoms with Crippen LogP contribution in [0.15, 0.2) is 0 Å². The van der Waals surface area contributed by atoms with E-state index in [-0.39, 0.29) is 46.3 Å². The Balaban J connectivity index is 1.85. The van der Waals surface area contributed by atoms with Crippen molar-refractivity contribution >= 4 is 11.9 Å². The van der Waals surface area contributed by atoms with Gasteiger partial charge in [0.25, 0.3) is 0 Å². The highest BCUT2D eigenvalue weighted by Gasteiger charge is 2.52. The zero-order valence-corrected chi connectivity index (χ0v) is 23.7. The van der Waals surface area contributed by atoms with E-state index in [1.54, 1.807) is 0 Å². The largest absolute Gasteiger partial charge is 0.462 e. The Morgan fingerprint density at radius 2 is 0.857 bits per heavy atom. The average Bonchev–Trinajstić information content (AvgIpc) is 2.65. The minimum absolute atomic E-state index is 0.0685. The molecule has 0 atom stereocenters. The van der Waals surface area contributed by atoms with E-state index in [1.807, 2.05) is 0 Å². The third-order valence-electron chi connectivity index (χ3n) is 8.14. The van der Waals surface area contributed by atoms with Gasteiger partial charge in [0, 0.05) is 60.7 Å². The van der Waals surface area contributed by atoms with Crippen LogP contribution in [0.5, 0.6) is 0 Å².